The second-order valence-electron chi connectivity index (χ2n) is 4.81. The van der Waals surface area contributed by atoms with Crippen molar-refractivity contribution < 1.29 is 9.53 Å². The minimum Gasteiger partial charge on any atom is -0.461 e. The Labute approximate surface area is 83.6 Å². The maximum atomic E-state index is 11.8. The van der Waals surface area contributed by atoms with Crippen LogP contribution in [0.1, 0.15) is 26.7 Å². The topological polar surface area (TPSA) is 26.3 Å². The van der Waals surface area contributed by atoms with E-state index in [2.05, 4.69) is 19.1 Å². The van der Waals surface area contributed by atoms with E-state index >= 15 is 0 Å². The van der Waals surface area contributed by atoms with E-state index in [9.17, 15) is 4.79 Å². The van der Waals surface area contributed by atoms with E-state index in [1.54, 1.807) is 0 Å². The van der Waals surface area contributed by atoms with Gasteiger partial charge >= 0.3 is 5.97 Å². The van der Waals surface area contributed by atoms with E-state index in [-0.39, 0.29) is 17.5 Å². The molecule has 3 atom stereocenters. The number of fused-ring (bicyclic) bond motifs is 3. The first-order valence-electron chi connectivity index (χ1n) is 5.24. The van der Waals surface area contributed by atoms with Gasteiger partial charge < -0.3 is 4.74 Å². The third-order valence-electron chi connectivity index (χ3n) is 3.99. The van der Waals surface area contributed by atoms with Crippen LogP contribution in [-0.4, -0.2) is 12.1 Å². The van der Waals surface area contributed by atoms with E-state index in [0.29, 0.717) is 5.92 Å². The van der Waals surface area contributed by atoms with Gasteiger partial charge in [-0.25, -0.2) is 0 Å². The second-order valence-corrected chi connectivity index (χ2v) is 4.81. The number of esters is 1. The largest absolute Gasteiger partial charge is 0.461 e. The van der Waals surface area contributed by atoms with Crippen molar-refractivity contribution in [2.24, 2.45) is 11.3 Å². The molecule has 1 fully saturated rings. The summed E-state index contributed by atoms with van der Waals surface area (Å²) in [4.78, 5) is 11.8. The highest BCUT2D eigenvalue weighted by Crippen LogP contribution is 2.53. The average molecular weight is 190 g/mol. The molecule has 2 nitrogen and oxygen atoms in total. The molecule has 3 rings (SSSR count). The Hall–Kier alpha value is -1.05. The van der Waals surface area contributed by atoms with Crippen molar-refractivity contribution in [1.82, 2.24) is 0 Å². The highest BCUT2D eigenvalue weighted by molar-refractivity contribution is 5.85. The van der Waals surface area contributed by atoms with Gasteiger partial charge in [0, 0.05) is 12.3 Å². The smallest absolute Gasteiger partial charge is 0.316 e. The summed E-state index contributed by atoms with van der Waals surface area (Å²) in [6.45, 7) is 4.19. The zero-order chi connectivity index (χ0) is 9.92. The Kier molecular flexibility index (Phi) is 1.36. The van der Waals surface area contributed by atoms with Crippen molar-refractivity contribution in [3.05, 3.63) is 23.3 Å². The summed E-state index contributed by atoms with van der Waals surface area (Å²) in [6, 6.07) is 0. The number of hydrogen-bond acceptors (Lipinski definition) is 2. The molecule has 0 radical (unpaired) electrons. The first-order valence-corrected chi connectivity index (χ1v) is 5.24. The van der Waals surface area contributed by atoms with Gasteiger partial charge in [0.05, 0.1) is 5.41 Å². The Morgan fingerprint density at radius 2 is 2.36 bits per heavy atom. The molecule has 14 heavy (non-hydrogen) atoms. The Balaban J connectivity index is 2.19. The molecular formula is C12H14O2. The summed E-state index contributed by atoms with van der Waals surface area (Å²) in [5.74, 6) is 0.394. The zero-order valence-electron chi connectivity index (χ0n) is 8.54. The summed E-state index contributed by atoms with van der Waals surface area (Å²) in [5, 5.41) is 0. The van der Waals surface area contributed by atoms with Crippen molar-refractivity contribution in [3.8, 4) is 0 Å². The molecule has 2 aliphatic carbocycles. The van der Waals surface area contributed by atoms with E-state index in [0.717, 1.165) is 12.8 Å². The zero-order valence-corrected chi connectivity index (χ0v) is 8.54. The van der Waals surface area contributed by atoms with Gasteiger partial charge in [0.25, 0.3) is 0 Å². The minimum atomic E-state index is -0.334. The van der Waals surface area contributed by atoms with Gasteiger partial charge in [0.15, 0.2) is 0 Å². The molecule has 3 aliphatic rings. The fourth-order valence-electron chi connectivity index (χ4n) is 3.01. The highest BCUT2D eigenvalue weighted by atomic mass is 16.6. The van der Waals surface area contributed by atoms with Crippen molar-refractivity contribution >= 4 is 5.97 Å². The fraction of sp³-hybridized carbons (Fsp3) is 0.583. The molecule has 0 aromatic heterocycles. The molecule has 1 heterocycles. The van der Waals surface area contributed by atoms with Crippen LogP contribution < -0.4 is 0 Å². The molecule has 0 N–H and O–H groups in total. The molecule has 0 amide bonds. The molecule has 0 aromatic rings. The van der Waals surface area contributed by atoms with Gasteiger partial charge in [-0.15, -0.1) is 0 Å². The molecule has 1 saturated heterocycles. The van der Waals surface area contributed by atoms with Gasteiger partial charge in [-0.05, 0) is 18.9 Å². The lowest BCUT2D eigenvalue weighted by atomic mass is 9.70. The van der Waals surface area contributed by atoms with Crippen molar-refractivity contribution in [1.29, 1.82) is 0 Å². The van der Waals surface area contributed by atoms with Gasteiger partial charge in [0.1, 0.15) is 6.10 Å². The third-order valence-corrected chi connectivity index (χ3v) is 3.99. The number of ether oxygens (including phenoxy) is 1. The monoisotopic (exact) mass is 190 g/mol. The first kappa shape index (κ1) is 8.27. The van der Waals surface area contributed by atoms with Crippen LogP contribution in [-0.2, 0) is 9.53 Å². The molecule has 74 valence electrons. The lowest BCUT2D eigenvalue weighted by molar-refractivity contribution is -0.146. The lowest BCUT2D eigenvalue weighted by Crippen LogP contribution is -2.30. The van der Waals surface area contributed by atoms with Crippen molar-refractivity contribution in [2.45, 2.75) is 32.8 Å². The Bertz CT molecular complexity index is 378. The maximum absolute atomic E-state index is 11.8. The predicted octanol–water partition coefficient (Wildman–Crippen LogP) is 2.21. The summed E-state index contributed by atoms with van der Waals surface area (Å²) < 4.78 is 5.42. The predicted molar refractivity (Wildman–Crippen MR) is 52.6 cm³/mol. The highest BCUT2D eigenvalue weighted by Gasteiger charge is 2.54. The van der Waals surface area contributed by atoms with Gasteiger partial charge in [-0.1, -0.05) is 24.6 Å². The Morgan fingerprint density at radius 3 is 3.14 bits per heavy atom. The Morgan fingerprint density at radius 1 is 1.57 bits per heavy atom. The summed E-state index contributed by atoms with van der Waals surface area (Å²) in [5.41, 5.74) is 2.33. The van der Waals surface area contributed by atoms with Crippen molar-refractivity contribution in [2.75, 3.05) is 0 Å². The fourth-order valence-corrected chi connectivity index (χ4v) is 3.01. The maximum Gasteiger partial charge on any atom is 0.316 e. The lowest BCUT2D eigenvalue weighted by Gasteiger charge is -2.30. The van der Waals surface area contributed by atoms with Crippen LogP contribution in [0.3, 0.4) is 0 Å². The first-order chi connectivity index (χ1) is 6.63. The third kappa shape index (κ3) is 0.753. The SMILES string of the molecule is C[C@@H]1C2=C(C=CC2)[C@]2(C)C[C@H]1OC2=O. The van der Waals surface area contributed by atoms with Crippen LogP contribution >= 0.6 is 0 Å². The minimum absolute atomic E-state index is 0.0223. The van der Waals surface area contributed by atoms with E-state index in [1.165, 1.54) is 11.1 Å². The van der Waals surface area contributed by atoms with Crippen LogP contribution in [0.15, 0.2) is 23.3 Å². The van der Waals surface area contributed by atoms with E-state index in [4.69, 9.17) is 4.74 Å². The normalized spacial score (nSPS) is 44.3. The molecule has 2 heteroatoms. The number of allylic oxidation sites excluding steroid dienone is 2. The number of hydrogen-bond donors (Lipinski definition) is 0. The van der Waals surface area contributed by atoms with E-state index in [1.807, 2.05) is 6.92 Å². The van der Waals surface area contributed by atoms with Crippen LogP contribution in [0.2, 0.25) is 0 Å². The van der Waals surface area contributed by atoms with Crippen LogP contribution in [0.5, 0.6) is 0 Å². The summed E-state index contributed by atoms with van der Waals surface area (Å²) in [6.07, 6.45) is 6.30. The molecule has 1 aliphatic heterocycles. The van der Waals surface area contributed by atoms with E-state index < -0.39 is 0 Å². The quantitative estimate of drug-likeness (QED) is 0.547. The standard InChI is InChI=1S/C12H14O2/c1-7-8-4-3-5-9(8)12(2)6-10(7)14-11(12)13/h3,5,7,10H,4,6H2,1-2H3/t7-,10-,12+/m1/s1. The molecule has 0 spiro atoms. The molecule has 0 unspecified atom stereocenters. The molecule has 2 bridgehead atoms. The van der Waals surface area contributed by atoms with Crippen LogP contribution in [0.4, 0.5) is 0 Å². The summed E-state index contributed by atoms with van der Waals surface area (Å²) >= 11 is 0. The van der Waals surface area contributed by atoms with Crippen molar-refractivity contribution in [3.63, 3.8) is 0 Å². The molecular weight excluding hydrogens is 176 g/mol. The number of carbonyl (C=O) groups excluding carboxylic acids is 1. The summed E-state index contributed by atoms with van der Waals surface area (Å²) in [7, 11) is 0. The second kappa shape index (κ2) is 2.30. The van der Waals surface area contributed by atoms with Crippen LogP contribution in [0.25, 0.3) is 0 Å². The number of rotatable bonds is 0. The van der Waals surface area contributed by atoms with Gasteiger partial charge in [0.2, 0.25) is 0 Å². The van der Waals surface area contributed by atoms with Gasteiger partial charge in [-0.2, -0.15) is 0 Å². The van der Waals surface area contributed by atoms with Crippen LogP contribution in [0, 0.1) is 11.3 Å². The van der Waals surface area contributed by atoms with Gasteiger partial charge in [-0.3, -0.25) is 4.79 Å². The number of carbonyl (C=O) groups is 1. The average Bonchev–Trinajstić information content (AvgIpc) is 2.69. The molecule has 0 aromatic carbocycles. The molecule has 0 saturated carbocycles.